The number of amides is 1. The van der Waals surface area contributed by atoms with E-state index < -0.39 is 23.3 Å². The lowest BCUT2D eigenvalue weighted by molar-refractivity contribution is 0.0915. The summed E-state index contributed by atoms with van der Waals surface area (Å²) in [6.07, 6.45) is 1.92. The lowest BCUT2D eigenvalue weighted by Crippen LogP contribution is -2.19. The van der Waals surface area contributed by atoms with Gasteiger partial charge in [0, 0.05) is 25.0 Å². The van der Waals surface area contributed by atoms with Crippen molar-refractivity contribution in [2.45, 2.75) is 38.1 Å². The number of nitrogens with zero attached hydrogens (tertiary/aromatic N) is 3. The molecule has 218 valence electrons. The normalized spacial score (nSPS) is 12.6. The van der Waals surface area contributed by atoms with Crippen molar-refractivity contribution in [1.82, 2.24) is 14.8 Å². The maximum atomic E-state index is 13.1. The van der Waals surface area contributed by atoms with Gasteiger partial charge in [-0.15, -0.1) is 5.10 Å². The largest absolute Gasteiger partial charge is 0.488 e. The number of aromatic nitrogens is 3. The third-order valence-electron chi connectivity index (χ3n) is 5.10. The molecule has 0 fully saturated rings. The molecule has 0 saturated heterocycles. The fraction of sp³-hybridized carbons (Fsp3) is 0.400. The van der Waals surface area contributed by atoms with Crippen molar-refractivity contribution in [3.63, 3.8) is 0 Å². The average molecular weight is 597 g/mol. The molecule has 3 aromatic rings. The van der Waals surface area contributed by atoms with Gasteiger partial charge >= 0.3 is 7.60 Å². The fourth-order valence-corrected chi connectivity index (χ4v) is 5.65. The van der Waals surface area contributed by atoms with Crippen molar-refractivity contribution in [1.29, 1.82) is 0 Å². The molecule has 0 unspecified atom stereocenters. The van der Waals surface area contributed by atoms with Crippen LogP contribution in [0, 0.1) is 0 Å². The number of anilines is 1. The number of ether oxygens (including phenoxy) is 3. The maximum Gasteiger partial charge on any atom is 0.351 e. The molecule has 1 heterocycles. The first-order chi connectivity index (χ1) is 18.9. The summed E-state index contributed by atoms with van der Waals surface area (Å²) in [4.78, 5) is 17.3. The zero-order valence-electron chi connectivity index (χ0n) is 22.9. The van der Waals surface area contributed by atoms with Gasteiger partial charge in [-0.2, -0.15) is 0 Å². The quantitative estimate of drug-likeness (QED) is 0.249. The van der Waals surface area contributed by atoms with Crippen LogP contribution in [0.1, 0.15) is 31.1 Å². The van der Waals surface area contributed by atoms with Crippen LogP contribution in [0.15, 0.2) is 53.7 Å². The second-order valence-electron chi connectivity index (χ2n) is 8.57. The lowest BCUT2D eigenvalue weighted by Gasteiger charge is -2.16. The zero-order valence-corrected chi connectivity index (χ0v) is 24.6. The highest BCUT2D eigenvalue weighted by Crippen LogP contribution is 2.49. The average Bonchev–Trinajstić information content (AvgIpc) is 3.30. The Morgan fingerprint density at radius 2 is 1.70 bits per heavy atom. The van der Waals surface area contributed by atoms with Crippen LogP contribution in [-0.2, 0) is 34.5 Å². The van der Waals surface area contributed by atoms with Gasteiger partial charge in [-0.05, 0) is 57.2 Å². The van der Waals surface area contributed by atoms with E-state index in [-0.39, 0.29) is 47.8 Å². The van der Waals surface area contributed by atoms with Crippen LogP contribution in [-0.4, -0.2) is 68.4 Å². The van der Waals surface area contributed by atoms with E-state index in [2.05, 4.69) is 15.4 Å². The molecule has 2 aromatic carbocycles. The minimum absolute atomic E-state index is 0.0255. The van der Waals surface area contributed by atoms with Crippen molar-refractivity contribution < 1.29 is 41.0 Å². The van der Waals surface area contributed by atoms with Crippen LogP contribution in [0.2, 0.25) is 0 Å². The van der Waals surface area contributed by atoms with Gasteiger partial charge in [-0.3, -0.25) is 14.7 Å². The monoisotopic (exact) mass is 596 g/mol. The Kier molecular flexibility index (Phi) is 10.8. The van der Waals surface area contributed by atoms with Crippen LogP contribution < -0.4 is 14.8 Å². The standard InChI is InChI=1S/C25H33N4O9PS/c1-6-35-39(31,36-7-2)17-29-16-26-25(28-29)27-24(30)19-12-21(37-18(3)15-34-4)14-22(13-19)38-20-8-10-23(11-9-20)40(5,32)33/h8-14,16,18H,6-7,15,17H2,1-5H3,(H,27,28,30)/t18-/m0/s1. The minimum atomic E-state index is -3.43. The summed E-state index contributed by atoms with van der Waals surface area (Å²) in [6, 6.07) is 10.5. The minimum Gasteiger partial charge on any atom is -0.488 e. The third-order valence-corrected chi connectivity index (χ3v) is 8.17. The Bertz CT molecular complexity index is 1430. The molecule has 1 aromatic heterocycles. The molecule has 0 aliphatic rings. The van der Waals surface area contributed by atoms with Gasteiger partial charge in [0.15, 0.2) is 9.84 Å². The number of benzene rings is 2. The fourth-order valence-electron chi connectivity index (χ4n) is 3.51. The number of hydrogen-bond donors (Lipinski definition) is 1. The summed E-state index contributed by atoms with van der Waals surface area (Å²) >= 11 is 0. The van der Waals surface area contributed by atoms with E-state index >= 15 is 0 Å². The number of methoxy groups -OCH3 is 1. The van der Waals surface area contributed by atoms with E-state index in [1.807, 2.05) is 0 Å². The highest BCUT2D eigenvalue weighted by molar-refractivity contribution is 7.90. The summed E-state index contributed by atoms with van der Waals surface area (Å²) in [5.41, 5.74) is 0.176. The van der Waals surface area contributed by atoms with Crippen LogP contribution in [0.25, 0.3) is 0 Å². The summed E-state index contributed by atoms with van der Waals surface area (Å²) in [5, 5.41) is 6.75. The van der Waals surface area contributed by atoms with Crippen LogP contribution in [0.4, 0.5) is 5.95 Å². The molecule has 1 atom stereocenters. The van der Waals surface area contributed by atoms with E-state index in [0.29, 0.717) is 18.1 Å². The zero-order chi connectivity index (χ0) is 29.3. The SMILES string of the molecule is CCOP(=O)(Cn1cnc(NC(=O)c2cc(Oc3ccc(S(C)(=O)=O)cc3)cc(O[C@@H](C)COC)c2)n1)OCC. The topological polar surface area (TPSA) is 157 Å². The Labute approximate surface area is 233 Å². The van der Waals surface area contributed by atoms with Gasteiger partial charge in [0.2, 0.25) is 5.95 Å². The summed E-state index contributed by atoms with van der Waals surface area (Å²) in [7, 11) is -5.24. The smallest absolute Gasteiger partial charge is 0.351 e. The first-order valence-corrected chi connectivity index (χ1v) is 15.9. The molecular weight excluding hydrogens is 563 g/mol. The van der Waals surface area contributed by atoms with Gasteiger partial charge in [0.25, 0.3) is 5.91 Å². The Hall–Kier alpha value is -3.29. The van der Waals surface area contributed by atoms with Crippen molar-refractivity contribution in [3.05, 3.63) is 54.4 Å². The van der Waals surface area contributed by atoms with E-state index in [4.69, 9.17) is 23.3 Å². The van der Waals surface area contributed by atoms with E-state index in [9.17, 15) is 17.8 Å². The first kappa shape index (κ1) is 31.2. The van der Waals surface area contributed by atoms with Gasteiger partial charge < -0.3 is 23.3 Å². The number of hydrogen-bond acceptors (Lipinski definition) is 11. The highest BCUT2D eigenvalue weighted by atomic mass is 32.2. The van der Waals surface area contributed by atoms with Gasteiger partial charge in [-0.25, -0.2) is 18.1 Å². The van der Waals surface area contributed by atoms with Crippen LogP contribution in [0.5, 0.6) is 17.2 Å². The summed E-state index contributed by atoms with van der Waals surface area (Å²) < 4.78 is 65.0. The Balaban J connectivity index is 1.82. The van der Waals surface area contributed by atoms with E-state index in [1.54, 1.807) is 33.9 Å². The lowest BCUT2D eigenvalue weighted by atomic mass is 10.2. The maximum absolute atomic E-state index is 13.1. The molecule has 0 bridgehead atoms. The summed E-state index contributed by atoms with van der Waals surface area (Å²) in [6.45, 7) is 5.92. The second-order valence-corrected chi connectivity index (χ2v) is 12.6. The number of carbonyl (C=O) groups is 1. The molecule has 0 saturated carbocycles. The molecule has 0 spiro atoms. The molecule has 40 heavy (non-hydrogen) atoms. The number of nitrogens with one attached hydrogen (secondary N) is 1. The van der Waals surface area contributed by atoms with Crippen LogP contribution in [0.3, 0.4) is 0 Å². The first-order valence-electron chi connectivity index (χ1n) is 12.3. The second kappa shape index (κ2) is 13.9. The molecule has 0 aliphatic heterocycles. The van der Waals surface area contributed by atoms with Gasteiger partial charge in [-0.1, -0.05) is 0 Å². The van der Waals surface area contributed by atoms with Crippen molar-refractivity contribution in [2.24, 2.45) is 0 Å². The molecule has 13 nitrogen and oxygen atoms in total. The van der Waals surface area contributed by atoms with Gasteiger partial charge in [0.1, 0.15) is 36.0 Å². The molecule has 15 heteroatoms. The van der Waals surface area contributed by atoms with E-state index in [0.717, 1.165) is 6.26 Å². The van der Waals surface area contributed by atoms with Crippen molar-refractivity contribution in [3.8, 4) is 17.2 Å². The Morgan fingerprint density at radius 3 is 2.30 bits per heavy atom. The van der Waals surface area contributed by atoms with Gasteiger partial charge in [0.05, 0.1) is 24.7 Å². The molecule has 0 radical (unpaired) electrons. The van der Waals surface area contributed by atoms with Crippen molar-refractivity contribution in [2.75, 3.05) is 38.5 Å². The third kappa shape index (κ3) is 9.14. The molecule has 0 aliphatic carbocycles. The molecule has 1 N–H and O–H groups in total. The number of rotatable bonds is 15. The van der Waals surface area contributed by atoms with E-state index in [1.165, 1.54) is 47.4 Å². The molecular formula is C25H33N4O9PS. The van der Waals surface area contributed by atoms with Crippen molar-refractivity contribution >= 4 is 29.3 Å². The Morgan fingerprint density at radius 1 is 1.05 bits per heavy atom. The highest BCUT2D eigenvalue weighted by Gasteiger charge is 2.25. The summed E-state index contributed by atoms with van der Waals surface area (Å²) in [5.74, 6) is 0.384. The molecule has 1 amide bonds. The number of sulfone groups is 1. The predicted molar refractivity (Wildman–Crippen MR) is 147 cm³/mol. The van der Waals surface area contributed by atoms with Crippen LogP contribution >= 0.6 is 7.60 Å². The predicted octanol–water partition coefficient (Wildman–Crippen LogP) is 4.36. The molecule has 3 rings (SSSR count). The number of carbonyl (C=O) groups excluding carboxylic acids is 1.